The number of hydrogen-bond donors (Lipinski definition) is 1. The second-order valence-corrected chi connectivity index (χ2v) is 5.53. The Bertz CT molecular complexity index is 324. The molecular weight excluding hydrogens is 276 g/mol. The van der Waals surface area contributed by atoms with Gasteiger partial charge in [-0.25, -0.2) is 0 Å². The van der Waals surface area contributed by atoms with Crippen LogP contribution in [0.2, 0.25) is 0 Å². The van der Waals surface area contributed by atoms with E-state index in [4.69, 9.17) is 0 Å². The predicted molar refractivity (Wildman–Crippen MR) is 77.2 cm³/mol. The maximum absolute atomic E-state index is 10.3. The third-order valence-electron chi connectivity index (χ3n) is 3.38. The zero-order chi connectivity index (χ0) is 12.7. The van der Waals surface area contributed by atoms with Gasteiger partial charge in [0.25, 0.3) is 0 Å². The molecule has 0 saturated carbocycles. The van der Waals surface area contributed by atoms with Crippen LogP contribution in [0.4, 0.5) is 0 Å². The van der Waals surface area contributed by atoms with Crippen molar-refractivity contribution in [3.8, 4) is 0 Å². The summed E-state index contributed by atoms with van der Waals surface area (Å²) in [5, 5.41) is 10.3. The minimum Gasteiger partial charge on any atom is -0.392 e. The molecule has 0 aliphatic carbocycles. The molecule has 1 aromatic rings. The van der Waals surface area contributed by atoms with Crippen LogP contribution in [0.5, 0.6) is 0 Å². The van der Waals surface area contributed by atoms with E-state index in [1.165, 1.54) is 18.4 Å². The molecule has 0 spiro atoms. The molecule has 1 aromatic carbocycles. The van der Waals surface area contributed by atoms with E-state index in [0.29, 0.717) is 5.92 Å². The summed E-state index contributed by atoms with van der Waals surface area (Å²) < 4.78 is 1.10. The van der Waals surface area contributed by atoms with Gasteiger partial charge in [-0.15, -0.1) is 0 Å². The van der Waals surface area contributed by atoms with Crippen molar-refractivity contribution in [1.82, 2.24) is 0 Å². The first-order chi connectivity index (χ1) is 8.19. The molecular formula is C15H23BrO. The Morgan fingerprint density at radius 3 is 2.53 bits per heavy atom. The summed E-state index contributed by atoms with van der Waals surface area (Å²) >= 11 is 3.54. The lowest BCUT2D eigenvalue weighted by Crippen LogP contribution is -2.22. The molecule has 0 fully saturated rings. The van der Waals surface area contributed by atoms with E-state index in [1.54, 1.807) is 0 Å². The van der Waals surface area contributed by atoms with E-state index in [1.807, 2.05) is 18.2 Å². The van der Waals surface area contributed by atoms with Crippen molar-refractivity contribution < 1.29 is 5.11 Å². The fourth-order valence-electron chi connectivity index (χ4n) is 2.19. The van der Waals surface area contributed by atoms with E-state index in [9.17, 15) is 5.11 Å². The maximum Gasteiger partial charge on any atom is 0.0609 e. The largest absolute Gasteiger partial charge is 0.392 e. The molecule has 0 heterocycles. The van der Waals surface area contributed by atoms with Crippen molar-refractivity contribution in [3.05, 3.63) is 34.3 Å². The van der Waals surface area contributed by atoms with Crippen molar-refractivity contribution in [1.29, 1.82) is 0 Å². The molecule has 96 valence electrons. The molecule has 1 rings (SSSR count). The molecule has 0 aliphatic heterocycles. The summed E-state index contributed by atoms with van der Waals surface area (Å²) in [6.07, 6.45) is 5.16. The first kappa shape index (κ1) is 14.7. The number of hydrogen-bond acceptors (Lipinski definition) is 1. The lowest BCUT2D eigenvalue weighted by molar-refractivity contribution is 0.0986. The Hall–Kier alpha value is -0.340. The first-order valence-corrected chi connectivity index (χ1v) is 7.39. The van der Waals surface area contributed by atoms with Crippen molar-refractivity contribution in [2.45, 2.75) is 52.1 Å². The normalized spacial score (nSPS) is 14.6. The van der Waals surface area contributed by atoms with Gasteiger partial charge < -0.3 is 5.11 Å². The highest BCUT2D eigenvalue weighted by Gasteiger charge is 2.18. The maximum atomic E-state index is 10.3. The van der Waals surface area contributed by atoms with Gasteiger partial charge in [0.2, 0.25) is 0 Å². The molecule has 0 radical (unpaired) electrons. The van der Waals surface area contributed by atoms with Gasteiger partial charge in [0.15, 0.2) is 0 Å². The van der Waals surface area contributed by atoms with Crippen molar-refractivity contribution >= 4 is 15.9 Å². The molecule has 1 N–H and O–H groups in total. The lowest BCUT2D eigenvalue weighted by atomic mass is 9.89. The summed E-state index contributed by atoms with van der Waals surface area (Å²) in [6.45, 7) is 4.37. The van der Waals surface area contributed by atoms with Crippen molar-refractivity contribution in [3.63, 3.8) is 0 Å². The Labute approximate surface area is 113 Å². The van der Waals surface area contributed by atoms with Crippen LogP contribution in [-0.4, -0.2) is 11.2 Å². The monoisotopic (exact) mass is 298 g/mol. The van der Waals surface area contributed by atoms with Gasteiger partial charge in [-0.3, -0.25) is 0 Å². The van der Waals surface area contributed by atoms with Crippen LogP contribution >= 0.6 is 15.9 Å². The number of halogens is 1. The second kappa shape index (κ2) is 7.88. The van der Waals surface area contributed by atoms with Crippen molar-refractivity contribution in [2.24, 2.45) is 5.92 Å². The molecule has 0 saturated heterocycles. The highest BCUT2D eigenvalue weighted by atomic mass is 79.9. The Morgan fingerprint density at radius 2 is 1.94 bits per heavy atom. The van der Waals surface area contributed by atoms with Gasteiger partial charge in [0.1, 0.15) is 0 Å². The SMILES string of the molecule is CCCCC(CC)C(O)Cc1ccccc1Br. The highest BCUT2D eigenvalue weighted by Crippen LogP contribution is 2.23. The van der Waals surface area contributed by atoms with Crippen LogP contribution in [0.15, 0.2) is 28.7 Å². The molecule has 0 amide bonds. The number of aliphatic hydroxyl groups is 1. The minimum absolute atomic E-state index is 0.217. The molecule has 2 unspecified atom stereocenters. The van der Waals surface area contributed by atoms with Crippen LogP contribution in [-0.2, 0) is 6.42 Å². The average Bonchev–Trinajstić information content (AvgIpc) is 2.33. The zero-order valence-corrected chi connectivity index (χ0v) is 12.4. The molecule has 0 aliphatic rings. The molecule has 0 aromatic heterocycles. The fourth-order valence-corrected chi connectivity index (χ4v) is 2.64. The van der Waals surface area contributed by atoms with E-state index in [2.05, 4.69) is 35.8 Å². The lowest BCUT2D eigenvalue weighted by Gasteiger charge is -2.22. The van der Waals surface area contributed by atoms with Gasteiger partial charge in [-0.2, -0.15) is 0 Å². The summed E-state index contributed by atoms with van der Waals surface area (Å²) in [5.74, 6) is 0.432. The van der Waals surface area contributed by atoms with Crippen LogP contribution in [0.25, 0.3) is 0 Å². The van der Waals surface area contributed by atoms with Gasteiger partial charge in [0.05, 0.1) is 6.10 Å². The number of aliphatic hydroxyl groups excluding tert-OH is 1. The van der Waals surface area contributed by atoms with Gasteiger partial charge in [-0.05, 0) is 30.4 Å². The summed E-state index contributed by atoms with van der Waals surface area (Å²) in [5.41, 5.74) is 1.20. The highest BCUT2D eigenvalue weighted by molar-refractivity contribution is 9.10. The van der Waals surface area contributed by atoms with Gasteiger partial charge in [-0.1, -0.05) is 67.2 Å². The van der Waals surface area contributed by atoms with E-state index in [-0.39, 0.29) is 6.10 Å². The van der Waals surface area contributed by atoms with Crippen LogP contribution in [0.3, 0.4) is 0 Å². The number of rotatable bonds is 7. The van der Waals surface area contributed by atoms with Crippen molar-refractivity contribution in [2.75, 3.05) is 0 Å². The smallest absolute Gasteiger partial charge is 0.0609 e. The predicted octanol–water partition coefficient (Wildman–Crippen LogP) is 4.57. The Balaban J connectivity index is 2.57. The molecule has 1 nitrogen and oxygen atoms in total. The number of benzene rings is 1. The summed E-state index contributed by atoms with van der Waals surface area (Å²) in [7, 11) is 0. The molecule has 0 bridgehead atoms. The number of unbranched alkanes of at least 4 members (excludes halogenated alkanes) is 1. The second-order valence-electron chi connectivity index (χ2n) is 4.67. The van der Waals surface area contributed by atoms with E-state index >= 15 is 0 Å². The third-order valence-corrected chi connectivity index (χ3v) is 4.16. The minimum atomic E-state index is -0.217. The summed E-state index contributed by atoms with van der Waals surface area (Å²) in [4.78, 5) is 0. The quantitative estimate of drug-likeness (QED) is 0.782. The fraction of sp³-hybridized carbons (Fsp3) is 0.600. The molecule has 2 heteroatoms. The summed E-state index contributed by atoms with van der Waals surface area (Å²) in [6, 6.07) is 8.16. The Morgan fingerprint density at radius 1 is 1.24 bits per heavy atom. The van der Waals surface area contributed by atoms with E-state index in [0.717, 1.165) is 23.7 Å². The van der Waals surface area contributed by atoms with Crippen LogP contribution in [0, 0.1) is 5.92 Å². The Kier molecular flexibility index (Phi) is 6.83. The molecule has 2 atom stereocenters. The average molecular weight is 299 g/mol. The zero-order valence-electron chi connectivity index (χ0n) is 10.8. The van der Waals surface area contributed by atoms with Crippen LogP contribution in [0.1, 0.15) is 45.1 Å². The van der Waals surface area contributed by atoms with Crippen LogP contribution < -0.4 is 0 Å². The topological polar surface area (TPSA) is 20.2 Å². The molecule has 17 heavy (non-hydrogen) atoms. The standard InChI is InChI=1S/C15H23BrO/c1-3-5-8-12(4-2)15(17)11-13-9-6-7-10-14(13)16/h6-7,9-10,12,15,17H,3-5,8,11H2,1-2H3. The third kappa shape index (κ3) is 4.81. The first-order valence-electron chi connectivity index (χ1n) is 6.60. The van der Waals surface area contributed by atoms with E-state index < -0.39 is 0 Å². The van der Waals surface area contributed by atoms with Gasteiger partial charge in [0, 0.05) is 4.47 Å². The van der Waals surface area contributed by atoms with Gasteiger partial charge >= 0.3 is 0 Å².